The van der Waals surface area contributed by atoms with Crippen LogP contribution < -0.4 is 19.5 Å². The highest BCUT2D eigenvalue weighted by Gasteiger charge is 2.17. The van der Waals surface area contributed by atoms with Gasteiger partial charge in [0.2, 0.25) is 0 Å². The largest absolute Gasteiger partial charge is 0.497 e. The van der Waals surface area contributed by atoms with Gasteiger partial charge in [0, 0.05) is 17.2 Å². The number of anilines is 1. The first-order valence-corrected chi connectivity index (χ1v) is 11.2. The summed E-state index contributed by atoms with van der Waals surface area (Å²) in [6.07, 6.45) is 0. The Hall–Kier alpha value is -4.21. The van der Waals surface area contributed by atoms with Crippen molar-refractivity contribution in [1.29, 1.82) is 0 Å². The van der Waals surface area contributed by atoms with Crippen molar-refractivity contribution in [2.45, 2.75) is 6.61 Å². The van der Waals surface area contributed by atoms with Crippen molar-refractivity contribution in [3.63, 3.8) is 0 Å². The molecule has 0 aliphatic rings. The summed E-state index contributed by atoms with van der Waals surface area (Å²) in [6.45, 7) is 0.0935. The van der Waals surface area contributed by atoms with E-state index in [0.29, 0.717) is 22.3 Å². The molecular formula is C25H18Cl2N2O7. The number of benzene rings is 3. The van der Waals surface area contributed by atoms with Gasteiger partial charge in [-0.15, -0.1) is 0 Å². The fourth-order valence-corrected chi connectivity index (χ4v) is 3.55. The quantitative estimate of drug-likeness (QED) is 0.181. The number of methoxy groups -OCH3 is 1. The molecule has 11 heteroatoms. The van der Waals surface area contributed by atoms with Crippen molar-refractivity contribution in [1.82, 2.24) is 0 Å². The Kier molecular flexibility index (Phi) is 7.62. The van der Waals surface area contributed by atoms with Gasteiger partial charge in [0.1, 0.15) is 35.4 Å². The zero-order valence-electron chi connectivity index (χ0n) is 18.7. The molecule has 0 aliphatic heterocycles. The van der Waals surface area contributed by atoms with Crippen LogP contribution in [-0.4, -0.2) is 17.9 Å². The molecule has 0 aliphatic carbocycles. The fraction of sp³-hybridized carbons (Fsp3) is 0.0800. The van der Waals surface area contributed by atoms with E-state index >= 15 is 0 Å². The Labute approximate surface area is 215 Å². The van der Waals surface area contributed by atoms with Gasteiger partial charge in [-0.2, -0.15) is 0 Å². The van der Waals surface area contributed by atoms with Gasteiger partial charge in [-0.05, 0) is 54.6 Å². The molecular weight excluding hydrogens is 511 g/mol. The lowest BCUT2D eigenvalue weighted by molar-refractivity contribution is -0.384. The van der Waals surface area contributed by atoms with Crippen LogP contribution in [0.15, 0.2) is 77.2 Å². The molecule has 1 N–H and O–H groups in total. The highest BCUT2D eigenvalue weighted by molar-refractivity contribution is 6.35. The summed E-state index contributed by atoms with van der Waals surface area (Å²) in [6, 6.07) is 18.5. The number of nitro benzene ring substituents is 1. The van der Waals surface area contributed by atoms with Crippen LogP contribution in [0.5, 0.6) is 23.0 Å². The lowest BCUT2D eigenvalue weighted by Crippen LogP contribution is -2.11. The lowest BCUT2D eigenvalue weighted by Gasteiger charge is -2.10. The zero-order chi connectivity index (χ0) is 25.7. The molecule has 4 rings (SSSR count). The van der Waals surface area contributed by atoms with Gasteiger partial charge in [-0.1, -0.05) is 23.2 Å². The Bertz CT molecular complexity index is 1400. The number of nitrogens with one attached hydrogen (secondary N) is 1. The molecule has 0 saturated carbocycles. The number of furan rings is 1. The SMILES string of the molecule is COc1ccc(OCc2ccc(C(=O)Nc3cc(Oc4ccc(Cl)cc4Cl)cc([N+](=O)[O-])c3)o2)cc1. The van der Waals surface area contributed by atoms with Gasteiger partial charge in [0.05, 0.1) is 28.8 Å². The van der Waals surface area contributed by atoms with Crippen LogP contribution in [0.2, 0.25) is 10.0 Å². The molecule has 0 unspecified atom stereocenters. The van der Waals surface area contributed by atoms with Crippen LogP contribution in [0.4, 0.5) is 11.4 Å². The molecule has 1 amide bonds. The summed E-state index contributed by atoms with van der Waals surface area (Å²) < 4.78 is 22.0. The third-order valence-corrected chi connectivity index (χ3v) is 5.34. The normalized spacial score (nSPS) is 10.5. The maximum Gasteiger partial charge on any atom is 0.291 e. The van der Waals surface area contributed by atoms with Crippen LogP contribution >= 0.6 is 23.2 Å². The number of halogens is 2. The first-order chi connectivity index (χ1) is 17.3. The molecule has 0 saturated heterocycles. The van der Waals surface area contributed by atoms with Gasteiger partial charge >= 0.3 is 0 Å². The van der Waals surface area contributed by atoms with Gasteiger partial charge in [-0.3, -0.25) is 14.9 Å². The first-order valence-electron chi connectivity index (χ1n) is 10.4. The summed E-state index contributed by atoms with van der Waals surface area (Å²) in [5.74, 6) is 1.44. The smallest absolute Gasteiger partial charge is 0.291 e. The maximum atomic E-state index is 12.7. The van der Waals surface area contributed by atoms with Gasteiger partial charge in [0.15, 0.2) is 5.76 Å². The molecule has 36 heavy (non-hydrogen) atoms. The van der Waals surface area contributed by atoms with Crippen LogP contribution in [0.3, 0.4) is 0 Å². The third kappa shape index (κ3) is 6.26. The van der Waals surface area contributed by atoms with E-state index in [1.54, 1.807) is 43.5 Å². The highest BCUT2D eigenvalue weighted by atomic mass is 35.5. The minimum atomic E-state index is -0.610. The molecule has 0 bridgehead atoms. The standard InChI is InChI=1S/C25H18Cl2N2O7/c1-33-18-3-5-19(6-4-18)34-14-20-7-9-24(35-20)25(30)28-16-11-17(29(31)32)13-21(12-16)36-23-8-2-15(26)10-22(23)27/h2-13H,14H2,1H3,(H,28,30). The number of nitrogens with zero attached hydrogens (tertiary/aromatic N) is 1. The summed E-state index contributed by atoms with van der Waals surface area (Å²) in [4.78, 5) is 23.5. The predicted molar refractivity (Wildman–Crippen MR) is 134 cm³/mol. The number of carbonyl (C=O) groups is 1. The first kappa shape index (κ1) is 24.9. The number of amides is 1. The van der Waals surface area contributed by atoms with Gasteiger partial charge in [0.25, 0.3) is 11.6 Å². The monoisotopic (exact) mass is 528 g/mol. The number of hydrogen-bond acceptors (Lipinski definition) is 7. The minimum absolute atomic E-state index is 0.00180. The highest BCUT2D eigenvalue weighted by Crippen LogP contribution is 2.34. The van der Waals surface area contributed by atoms with Crippen molar-refractivity contribution < 1.29 is 28.3 Å². The maximum absolute atomic E-state index is 12.7. The second-order valence-electron chi connectivity index (χ2n) is 7.33. The Balaban J connectivity index is 1.45. The molecule has 1 aromatic heterocycles. The van der Waals surface area contributed by atoms with E-state index in [9.17, 15) is 14.9 Å². The molecule has 0 radical (unpaired) electrons. The predicted octanol–water partition coefficient (Wildman–Crippen LogP) is 7.13. The average Bonchev–Trinajstić information content (AvgIpc) is 3.34. The number of hydrogen-bond donors (Lipinski definition) is 1. The van der Waals surface area contributed by atoms with Crippen molar-refractivity contribution >= 4 is 40.5 Å². The van der Waals surface area contributed by atoms with E-state index in [-0.39, 0.29) is 40.3 Å². The Morgan fingerprint density at radius 2 is 1.72 bits per heavy atom. The molecule has 3 aromatic carbocycles. The fourth-order valence-electron chi connectivity index (χ4n) is 3.10. The summed E-state index contributed by atoms with van der Waals surface area (Å²) in [7, 11) is 1.57. The van der Waals surface area contributed by atoms with Crippen molar-refractivity contribution in [3.8, 4) is 23.0 Å². The van der Waals surface area contributed by atoms with Crippen LogP contribution in [0, 0.1) is 10.1 Å². The van der Waals surface area contributed by atoms with E-state index in [2.05, 4.69) is 5.32 Å². The van der Waals surface area contributed by atoms with Crippen molar-refractivity contribution in [2.75, 3.05) is 12.4 Å². The second-order valence-corrected chi connectivity index (χ2v) is 8.18. The minimum Gasteiger partial charge on any atom is -0.497 e. The number of carbonyl (C=O) groups excluding carboxylic acids is 1. The van der Waals surface area contributed by atoms with Gasteiger partial charge < -0.3 is 23.9 Å². The Morgan fingerprint density at radius 1 is 0.972 bits per heavy atom. The van der Waals surface area contributed by atoms with E-state index in [4.69, 9.17) is 41.8 Å². The third-order valence-electron chi connectivity index (χ3n) is 4.81. The van der Waals surface area contributed by atoms with Crippen LogP contribution in [0.25, 0.3) is 0 Å². The van der Waals surface area contributed by atoms with Crippen molar-refractivity contribution in [2.24, 2.45) is 0 Å². The van der Waals surface area contributed by atoms with E-state index < -0.39 is 10.8 Å². The molecule has 0 atom stereocenters. The molecule has 0 fully saturated rings. The summed E-state index contributed by atoms with van der Waals surface area (Å²) in [5, 5.41) is 14.6. The van der Waals surface area contributed by atoms with Crippen LogP contribution in [-0.2, 0) is 6.61 Å². The van der Waals surface area contributed by atoms with Crippen molar-refractivity contribution in [3.05, 3.63) is 104 Å². The van der Waals surface area contributed by atoms with E-state index in [0.717, 1.165) is 0 Å². The molecule has 184 valence electrons. The topological polar surface area (TPSA) is 113 Å². The molecule has 1 heterocycles. The second kappa shape index (κ2) is 11.0. The lowest BCUT2D eigenvalue weighted by atomic mass is 10.2. The van der Waals surface area contributed by atoms with Crippen LogP contribution in [0.1, 0.15) is 16.3 Å². The number of ether oxygens (including phenoxy) is 3. The van der Waals surface area contributed by atoms with E-state index in [1.807, 2.05) is 0 Å². The number of non-ortho nitro benzene ring substituents is 1. The zero-order valence-corrected chi connectivity index (χ0v) is 20.2. The number of rotatable bonds is 9. The Morgan fingerprint density at radius 3 is 2.42 bits per heavy atom. The van der Waals surface area contributed by atoms with Gasteiger partial charge in [-0.25, -0.2) is 0 Å². The summed E-state index contributed by atoms with van der Waals surface area (Å²) in [5.41, 5.74) is -0.164. The molecule has 9 nitrogen and oxygen atoms in total. The average molecular weight is 529 g/mol. The van der Waals surface area contributed by atoms with E-state index in [1.165, 1.54) is 36.4 Å². The molecule has 0 spiro atoms. The molecule has 4 aromatic rings. The summed E-state index contributed by atoms with van der Waals surface area (Å²) >= 11 is 12.0. The number of nitro groups is 1.